The zero-order chi connectivity index (χ0) is 16.7. The van der Waals surface area contributed by atoms with Crippen molar-refractivity contribution in [2.75, 3.05) is 18.5 Å². The lowest BCUT2D eigenvalue weighted by Gasteiger charge is -2.07. The number of nitrogens with two attached hydrogens (primary N) is 1. The predicted molar refractivity (Wildman–Crippen MR) is 91.9 cm³/mol. The highest BCUT2D eigenvalue weighted by molar-refractivity contribution is 7.15. The van der Waals surface area contributed by atoms with Gasteiger partial charge in [-0.3, -0.25) is 4.79 Å². The molecular formula is C16H22N4O2S. The Morgan fingerprint density at radius 3 is 2.87 bits per heavy atom. The first kappa shape index (κ1) is 17.4. The highest BCUT2D eigenvalue weighted by Crippen LogP contribution is 2.18. The lowest BCUT2D eigenvalue weighted by Crippen LogP contribution is -2.15. The predicted octanol–water partition coefficient (Wildman–Crippen LogP) is 2.45. The molecule has 0 aliphatic carbocycles. The fourth-order valence-electron chi connectivity index (χ4n) is 1.94. The van der Waals surface area contributed by atoms with Gasteiger partial charge in [0.05, 0.1) is 6.61 Å². The molecule has 1 aromatic heterocycles. The summed E-state index contributed by atoms with van der Waals surface area (Å²) in [6.07, 6.45) is 1.91. The lowest BCUT2D eigenvalue weighted by atomic mass is 10.1. The Morgan fingerprint density at radius 1 is 1.30 bits per heavy atom. The summed E-state index contributed by atoms with van der Waals surface area (Å²) < 4.78 is 5.74. The third kappa shape index (κ3) is 5.61. The summed E-state index contributed by atoms with van der Waals surface area (Å²) in [5, 5.41) is 12.1. The van der Waals surface area contributed by atoms with Crippen LogP contribution < -0.4 is 15.8 Å². The van der Waals surface area contributed by atoms with Crippen LogP contribution >= 0.6 is 11.3 Å². The van der Waals surface area contributed by atoms with Crippen LogP contribution in [0.25, 0.3) is 0 Å². The van der Waals surface area contributed by atoms with Gasteiger partial charge >= 0.3 is 0 Å². The number of nitrogens with zero attached hydrogens (tertiary/aromatic N) is 2. The molecule has 1 amide bonds. The van der Waals surface area contributed by atoms with Gasteiger partial charge in [-0.15, -0.1) is 10.2 Å². The van der Waals surface area contributed by atoms with Gasteiger partial charge < -0.3 is 15.8 Å². The second-order valence-corrected chi connectivity index (χ2v) is 6.35. The molecule has 0 spiro atoms. The van der Waals surface area contributed by atoms with Crippen LogP contribution in [0.2, 0.25) is 0 Å². The number of rotatable bonds is 8. The van der Waals surface area contributed by atoms with E-state index in [0.717, 1.165) is 23.6 Å². The van der Waals surface area contributed by atoms with Gasteiger partial charge in [0.15, 0.2) is 0 Å². The lowest BCUT2D eigenvalue weighted by molar-refractivity contribution is -0.116. The van der Waals surface area contributed by atoms with Crippen LogP contribution in [0.5, 0.6) is 5.75 Å². The molecule has 3 N–H and O–H groups in total. The average Bonchev–Trinajstić information content (AvgIpc) is 2.95. The number of carbonyl (C=O) groups is 1. The molecule has 124 valence electrons. The Balaban J connectivity index is 1.73. The monoisotopic (exact) mass is 334 g/mol. The fourth-order valence-corrected chi connectivity index (χ4v) is 2.73. The van der Waals surface area contributed by atoms with E-state index in [-0.39, 0.29) is 5.91 Å². The molecule has 0 fully saturated rings. The highest BCUT2D eigenvalue weighted by Gasteiger charge is 2.07. The molecule has 0 saturated heterocycles. The van der Waals surface area contributed by atoms with Crippen molar-refractivity contribution in [3.05, 3.63) is 34.3 Å². The number of ether oxygens (including phenoxy) is 1. The third-order valence-electron chi connectivity index (χ3n) is 3.37. The Kier molecular flexibility index (Phi) is 6.49. The van der Waals surface area contributed by atoms with Gasteiger partial charge in [-0.1, -0.05) is 17.4 Å². The van der Waals surface area contributed by atoms with Crippen LogP contribution in [-0.4, -0.2) is 29.3 Å². The molecule has 2 aromatic rings. The molecule has 0 aliphatic rings. The minimum Gasteiger partial charge on any atom is -0.494 e. The second kappa shape index (κ2) is 8.59. The summed E-state index contributed by atoms with van der Waals surface area (Å²) in [7, 11) is 0. The first-order valence-electron chi connectivity index (χ1n) is 7.61. The van der Waals surface area contributed by atoms with Crippen LogP contribution in [-0.2, 0) is 11.2 Å². The van der Waals surface area contributed by atoms with E-state index in [2.05, 4.69) is 35.4 Å². The van der Waals surface area contributed by atoms with Gasteiger partial charge in [-0.25, -0.2) is 0 Å². The third-order valence-corrected chi connectivity index (χ3v) is 4.27. The van der Waals surface area contributed by atoms with Crippen molar-refractivity contribution < 1.29 is 9.53 Å². The van der Waals surface area contributed by atoms with Crippen molar-refractivity contribution in [2.45, 2.75) is 33.1 Å². The van der Waals surface area contributed by atoms with Gasteiger partial charge in [-0.05, 0) is 43.5 Å². The van der Waals surface area contributed by atoms with Gasteiger partial charge in [-0.2, -0.15) is 0 Å². The van der Waals surface area contributed by atoms with E-state index in [4.69, 9.17) is 10.5 Å². The van der Waals surface area contributed by atoms with Gasteiger partial charge in [0.25, 0.3) is 0 Å². The van der Waals surface area contributed by atoms with Crippen LogP contribution in [0.1, 0.15) is 29.0 Å². The number of hydrogen-bond acceptors (Lipinski definition) is 6. The maximum absolute atomic E-state index is 11.4. The molecule has 6 nitrogen and oxygen atoms in total. The summed E-state index contributed by atoms with van der Waals surface area (Å²) in [6.45, 7) is 5.10. The summed E-state index contributed by atoms with van der Waals surface area (Å²) in [6, 6.07) is 6.09. The van der Waals surface area contributed by atoms with E-state index in [9.17, 15) is 4.79 Å². The second-order valence-electron chi connectivity index (χ2n) is 5.29. The normalized spacial score (nSPS) is 10.6. The van der Waals surface area contributed by atoms with Crippen molar-refractivity contribution in [3.8, 4) is 5.75 Å². The summed E-state index contributed by atoms with van der Waals surface area (Å²) >= 11 is 1.39. The molecule has 1 aromatic carbocycles. The number of nitrogens with one attached hydrogen (secondary N) is 1. The maximum Gasteiger partial charge on any atom is 0.227 e. The molecule has 0 radical (unpaired) electrons. The van der Waals surface area contributed by atoms with Crippen molar-refractivity contribution in [3.63, 3.8) is 0 Å². The van der Waals surface area contributed by atoms with E-state index in [1.54, 1.807) is 0 Å². The molecule has 7 heteroatoms. The van der Waals surface area contributed by atoms with Crippen molar-refractivity contribution in [1.29, 1.82) is 0 Å². The van der Waals surface area contributed by atoms with Crippen LogP contribution in [0.3, 0.4) is 0 Å². The number of hydrogen-bond donors (Lipinski definition) is 2. The van der Waals surface area contributed by atoms with Crippen molar-refractivity contribution >= 4 is 22.4 Å². The number of benzene rings is 1. The molecule has 1 heterocycles. The average molecular weight is 334 g/mol. The van der Waals surface area contributed by atoms with E-state index in [0.29, 0.717) is 24.7 Å². The first-order chi connectivity index (χ1) is 11.1. The summed E-state index contributed by atoms with van der Waals surface area (Å²) in [4.78, 5) is 11.4. The molecule has 2 rings (SSSR count). The fraction of sp³-hybridized carbons (Fsp3) is 0.438. The number of anilines is 1. The molecule has 0 saturated carbocycles. The molecule has 0 atom stereocenters. The summed E-state index contributed by atoms with van der Waals surface area (Å²) in [5.74, 6) is 0.758. The minimum atomic E-state index is -0.131. The largest absolute Gasteiger partial charge is 0.494 e. The Labute approximate surface area is 140 Å². The Bertz CT molecular complexity index is 657. The van der Waals surface area contributed by atoms with E-state index in [1.807, 2.05) is 12.1 Å². The van der Waals surface area contributed by atoms with Crippen LogP contribution in [0.15, 0.2) is 18.2 Å². The SMILES string of the molecule is Cc1ccc(OCCCc2nnc(NC(=O)CCN)s2)cc1C. The van der Waals surface area contributed by atoms with E-state index < -0.39 is 0 Å². The first-order valence-corrected chi connectivity index (χ1v) is 8.42. The van der Waals surface area contributed by atoms with Crippen LogP contribution in [0.4, 0.5) is 5.13 Å². The minimum absolute atomic E-state index is 0.131. The van der Waals surface area contributed by atoms with Crippen molar-refractivity contribution in [2.24, 2.45) is 5.73 Å². The standard InChI is InChI=1S/C16H22N4O2S/c1-11-5-6-13(10-12(11)2)22-9-3-4-15-19-20-16(23-15)18-14(21)7-8-17/h5-6,10H,3-4,7-9,17H2,1-2H3,(H,18,20,21). The zero-order valence-electron chi connectivity index (χ0n) is 13.5. The maximum atomic E-state index is 11.4. The van der Waals surface area contributed by atoms with Crippen LogP contribution in [0, 0.1) is 13.8 Å². The van der Waals surface area contributed by atoms with E-state index >= 15 is 0 Å². The van der Waals surface area contributed by atoms with Gasteiger partial charge in [0.2, 0.25) is 11.0 Å². The smallest absolute Gasteiger partial charge is 0.227 e. The zero-order valence-corrected chi connectivity index (χ0v) is 14.3. The van der Waals surface area contributed by atoms with E-state index in [1.165, 1.54) is 22.5 Å². The number of aromatic nitrogens is 2. The topological polar surface area (TPSA) is 90.1 Å². The van der Waals surface area contributed by atoms with Gasteiger partial charge in [0, 0.05) is 19.4 Å². The molecule has 0 unspecified atom stereocenters. The molecule has 0 aliphatic heterocycles. The quantitative estimate of drug-likeness (QED) is 0.724. The Morgan fingerprint density at radius 2 is 2.13 bits per heavy atom. The Hall–Kier alpha value is -1.99. The summed E-state index contributed by atoms with van der Waals surface area (Å²) in [5.41, 5.74) is 7.81. The molecule has 23 heavy (non-hydrogen) atoms. The van der Waals surface area contributed by atoms with Gasteiger partial charge in [0.1, 0.15) is 10.8 Å². The number of aryl methyl sites for hydroxylation is 3. The number of carbonyl (C=O) groups excluding carboxylic acids is 1. The highest BCUT2D eigenvalue weighted by atomic mass is 32.1. The molecular weight excluding hydrogens is 312 g/mol. The molecule has 0 bridgehead atoms. The van der Waals surface area contributed by atoms with Crippen molar-refractivity contribution in [1.82, 2.24) is 10.2 Å². The number of amides is 1.